The van der Waals surface area contributed by atoms with Crippen LogP contribution in [0.3, 0.4) is 0 Å². The molecular weight excluding hydrogens is 472 g/mol. The van der Waals surface area contributed by atoms with Gasteiger partial charge in [-0.3, -0.25) is 14.1 Å². The van der Waals surface area contributed by atoms with E-state index in [1.807, 2.05) is 0 Å². The van der Waals surface area contributed by atoms with Crippen molar-refractivity contribution in [3.05, 3.63) is 0 Å². The molecule has 0 rings (SSSR count). The van der Waals surface area contributed by atoms with Gasteiger partial charge < -0.3 is 9.47 Å². The summed E-state index contributed by atoms with van der Waals surface area (Å²) < 4.78 is 42.4. The van der Waals surface area contributed by atoms with Crippen LogP contribution in [0, 0.1) is 0 Å². The fraction of sp³-hybridized carbons (Fsp3) is 0.917. The molecule has 0 saturated heterocycles. The van der Waals surface area contributed by atoms with Gasteiger partial charge in [0.15, 0.2) is 5.25 Å². The standard InChI is InChI=1S/C24H46O7S.Ca/c1-3-5-7-9-11-13-15-17-19-30-23(25)21-22(32(27,28)29)24(26)31-20-18-16-14-12-10-8-6-4-2;/h22H,3-21H2,1-2H3,(H,27,28,29);. The van der Waals surface area contributed by atoms with Gasteiger partial charge in [-0.05, 0) is 12.8 Å². The Kier molecular flexibility index (Phi) is 25.5. The summed E-state index contributed by atoms with van der Waals surface area (Å²) in [5.41, 5.74) is 0. The Morgan fingerprint density at radius 1 is 0.667 bits per heavy atom. The Labute approximate surface area is 231 Å². The van der Waals surface area contributed by atoms with E-state index in [9.17, 15) is 22.6 Å². The number of hydrogen-bond donors (Lipinski definition) is 1. The molecule has 7 nitrogen and oxygen atoms in total. The summed E-state index contributed by atoms with van der Waals surface area (Å²) in [4.78, 5) is 24.0. The predicted molar refractivity (Wildman–Crippen MR) is 133 cm³/mol. The van der Waals surface area contributed by atoms with E-state index in [1.165, 1.54) is 51.4 Å². The van der Waals surface area contributed by atoms with Crippen molar-refractivity contribution in [3.63, 3.8) is 0 Å². The second kappa shape index (κ2) is 23.8. The van der Waals surface area contributed by atoms with Crippen molar-refractivity contribution in [2.24, 2.45) is 0 Å². The molecule has 0 aliphatic rings. The van der Waals surface area contributed by atoms with Crippen molar-refractivity contribution >= 4 is 59.8 Å². The first kappa shape index (κ1) is 35.3. The molecule has 0 amide bonds. The smallest absolute Gasteiger partial charge is 0.327 e. The molecule has 0 heterocycles. The van der Waals surface area contributed by atoms with E-state index in [-0.39, 0.29) is 51.0 Å². The predicted octanol–water partition coefficient (Wildman–Crippen LogP) is 5.62. The zero-order chi connectivity index (χ0) is 24.1. The van der Waals surface area contributed by atoms with Crippen LogP contribution in [0.1, 0.15) is 123 Å². The molecule has 0 aromatic rings. The van der Waals surface area contributed by atoms with Gasteiger partial charge in [-0.25, -0.2) is 0 Å². The zero-order valence-electron chi connectivity index (χ0n) is 21.0. The summed E-state index contributed by atoms with van der Waals surface area (Å²) in [5.74, 6) is -1.92. The summed E-state index contributed by atoms with van der Waals surface area (Å²) in [5, 5.41) is -1.93. The number of esters is 2. The molecule has 0 spiro atoms. The van der Waals surface area contributed by atoms with Gasteiger partial charge in [0.2, 0.25) is 0 Å². The minimum Gasteiger partial charge on any atom is -0.466 e. The van der Waals surface area contributed by atoms with Crippen LogP contribution < -0.4 is 0 Å². The number of hydrogen-bond acceptors (Lipinski definition) is 6. The number of ether oxygens (including phenoxy) is 2. The largest absolute Gasteiger partial charge is 0.466 e. The van der Waals surface area contributed by atoms with Crippen LogP contribution in [0.2, 0.25) is 0 Å². The Hall–Kier alpha value is 0.110. The Bertz CT molecular complexity index is 581. The summed E-state index contributed by atoms with van der Waals surface area (Å²) in [7, 11) is -4.75. The molecule has 0 aromatic carbocycles. The van der Waals surface area contributed by atoms with E-state index in [4.69, 9.17) is 9.47 Å². The zero-order valence-corrected chi connectivity index (χ0v) is 24.0. The van der Waals surface area contributed by atoms with Gasteiger partial charge in [0, 0.05) is 37.7 Å². The molecule has 0 fully saturated rings. The third-order valence-electron chi connectivity index (χ3n) is 5.48. The van der Waals surface area contributed by atoms with Crippen molar-refractivity contribution in [1.82, 2.24) is 0 Å². The van der Waals surface area contributed by atoms with Crippen molar-refractivity contribution in [2.75, 3.05) is 13.2 Å². The number of unbranched alkanes of at least 4 members (excludes halogenated alkanes) is 14. The molecule has 1 unspecified atom stereocenters. The van der Waals surface area contributed by atoms with Crippen LogP contribution in [0.25, 0.3) is 0 Å². The SMILES string of the molecule is CCCCCCCCCCOC(=O)CC(C(=O)OCCCCCCCCCC)S(=O)(=O)O.[Ca]. The maximum absolute atomic E-state index is 12.1. The summed E-state index contributed by atoms with van der Waals surface area (Å²) >= 11 is 0. The fourth-order valence-corrected chi connectivity index (χ4v) is 4.10. The maximum atomic E-state index is 12.1. The minimum absolute atomic E-state index is 0. The molecule has 33 heavy (non-hydrogen) atoms. The fourth-order valence-electron chi connectivity index (χ4n) is 3.44. The molecule has 9 heteroatoms. The minimum atomic E-state index is -4.75. The average Bonchev–Trinajstić information content (AvgIpc) is 2.74. The molecule has 192 valence electrons. The Morgan fingerprint density at radius 2 is 1.03 bits per heavy atom. The monoisotopic (exact) mass is 518 g/mol. The normalized spacial score (nSPS) is 12.1. The first-order valence-corrected chi connectivity index (χ1v) is 14.1. The van der Waals surface area contributed by atoms with Crippen LogP contribution in [0.5, 0.6) is 0 Å². The van der Waals surface area contributed by atoms with E-state index in [0.717, 1.165) is 38.5 Å². The first-order chi connectivity index (χ1) is 15.3. The molecular formula is C24H46CaO7S. The van der Waals surface area contributed by atoms with Gasteiger partial charge in [-0.2, -0.15) is 8.42 Å². The number of rotatable bonds is 22. The second-order valence-corrected chi connectivity index (χ2v) is 10.1. The second-order valence-electron chi connectivity index (χ2n) is 8.55. The topological polar surface area (TPSA) is 107 Å². The van der Waals surface area contributed by atoms with Crippen LogP contribution in [-0.2, 0) is 29.2 Å². The van der Waals surface area contributed by atoms with Crippen molar-refractivity contribution < 1.29 is 32.0 Å². The Balaban J connectivity index is 0. The molecule has 0 bridgehead atoms. The third kappa shape index (κ3) is 22.3. The molecule has 1 N–H and O–H groups in total. The first-order valence-electron chi connectivity index (χ1n) is 12.6. The van der Waals surface area contributed by atoms with Gasteiger partial charge in [0.25, 0.3) is 10.1 Å². The maximum Gasteiger partial charge on any atom is 0.327 e. The molecule has 0 aliphatic carbocycles. The Morgan fingerprint density at radius 3 is 1.42 bits per heavy atom. The summed E-state index contributed by atoms with van der Waals surface area (Å²) in [6.45, 7) is 4.61. The van der Waals surface area contributed by atoms with Gasteiger partial charge in [-0.1, -0.05) is 104 Å². The van der Waals surface area contributed by atoms with E-state index < -0.39 is 33.7 Å². The third-order valence-corrected chi connectivity index (χ3v) is 6.56. The molecule has 2 radical (unpaired) electrons. The van der Waals surface area contributed by atoms with Gasteiger partial charge in [0.05, 0.1) is 19.6 Å². The van der Waals surface area contributed by atoms with Crippen molar-refractivity contribution in [3.8, 4) is 0 Å². The van der Waals surface area contributed by atoms with Gasteiger partial charge in [-0.15, -0.1) is 0 Å². The molecule has 0 aliphatic heterocycles. The van der Waals surface area contributed by atoms with Crippen LogP contribution in [0.15, 0.2) is 0 Å². The number of carbonyl (C=O) groups excluding carboxylic acids is 2. The van der Waals surface area contributed by atoms with E-state index in [1.54, 1.807) is 0 Å². The van der Waals surface area contributed by atoms with Crippen LogP contribution >= 0.6 is 0 Å². The van der Waals surface area contributed by atoms with Gasteiger partial charge in [0.1, 0.15) is 0 Å². The summed E-state index contributed by atoms with van der Waals surface area (Å²) in [6.07, 6.45) is 16.6. The average molecular weight is 519 g/mol. The molecule has 0 aromatic heterocycles. The van der Waals surface area contributed by atoms with E-state index in [0.29, 0.717) is 12.8 Å². The van der Waals surface area contributed by atoms with Crippen LogP contribution in [0.4, 0.5) is 0 Å². The molecule has 0 saturated carbocycles. The van der Waals surface area contributed by atoms with E-state index >= 15 is 0 Å². The van der Waals surface area contributed by atoms with Crippen LogP contribution in [-0.4, -0.2) is 81.1 Å². The van der Waals surface area contributed by atoms with Crippen molar-refractivity contribution in [1.29, 1.82) is 0 Å². The molecule has 1 atom stereocenters. The van der Waals surface area contributed by atoms with Gasteiger partial charge >= 0.3 is 11.9 Å². The number of carbonyl (C=O) groups is 2. The van der Waals surface area contributed by atoms with E-state index in [2.05, 4.69) is 13.8 Å². The summed E-state index contributed by atoms with van der Waals surface area (Å²) in [6, 6.07) is 0. The quantitative estimate of drug-likeness (QED) is 0.0857. The van der Waals surface area contributed by atoms with Crippen molar-refractivity contribution in [2.45, 2.75) is 128 Å².